The van der Waals surface area contributed by atoms with Crippen molar-refractivity contribution in [3.8, 4) is 0 Å². The third-order valence-electron chi connectivity index (χ3n) is 2.39. The first-order valence-electron chi connectivity index (χ1n) is 4.98. The van der Waals surface area contributed by atoms with Crippen LogP contribution in [0, 0.1) is 0 Å². The summed E-state index contributed by atoms with van der Waals surface area (Å²) in [5.74, 6) is -0.903. The van der Waals surface area contributed by atoms with Crippen LogP contribution < -0.4 is 0 Å². The van der Waals surface area contributed by atoms with Crippen molar-refractivity contribution >= 4 is 12.3 Å². The molecule has 0 saturated heterocycles. The molecule has 0 amide bonds. The van der Waals surface area contributed by atoms with Crippen LogP contribution in [-0.4, -0.2) is 17.4 Å². The molecule has 0 spiro atoms. The van der Waals surface area contributed by atoms with Crippen molar-refractivity contribution in [2.24, 2.45) is 0 Å². The Balaban J connectivity index is 3.09. The van der Waals surface area contributed by atoms with E-state index in [2.05, 4.69) is 0 Å². The Morgan fingerprint density at radius 2 is 2.20 bits per heavy atom. The maximum absolute atomic E-state index is 10.9. The van der Waals surface area contributed by atoms with Crippen LogP contribution in [0.2, 0.25) is 0 Å². The molecule has 3 heteroatoms. The molecule has 0 radical (unpaired) electrons. The molecule has 1 rings (SSSR count). The molecular formula is C12H14O3. The van der Waals surface area contributed by atoms with Crippen LogP contribution in [0.5, 0.6) is 0 Å². The average Bonchev–Trinajstić information content (AvgIpc) is 2.25. The lowest BCUT2D eigenvalue weighted by Crippen LogP contribution is -2.05. The minimum atomic E-state index is -0.903. The van der Waals surface area contributed by atoms with Crippen molar-refractivity contribution < 1.29 is 14.7 Å². The van der Waals surface area contributed by atoms with Gasteiger partial charge >= 0.3 is 5.97 Å². The summed E-state index contributed by atoms with van der Waals surface area (Å²) in [6.45, 7) is 1.92. The van der Waals surface area contributed by atoms with Crippen LogP contribution >= 0.6 is 0 Å². The second kappa shape index (κ2) is 5.29. The lowest BCUT2D eigenvalue weighted by Gasteiger charge is -2.09. The molecule has 0 aliphatic heterocycles. The second-order valence-electron chi connectivity index (χ2n) is 3.31. The predicted molar refractivity (Wildman–Crippen MR) is 57.2 cm³/mol. The van der Waals surface area contributed by atoms with E-state index < -0.39 is 5.97 Å². The van der Waals surface area contributed by atoms with Crippen LogP contribution in [-0.2, 0) is 17.6 Å². The lowest BCUT2D eigenvalue weighted by atomic mass is 9.96. The van der Waals surface area contributed by atoms with E-state index in [1.807, 2.05) is 13.0 Å². The molecule has 1 aromatic carbocycles. The zero-order valence-electron chi connectivity index (χ0n) is 8.69. The topological polar surface area (TPSA) is 54.4 Å². The van der Waals surface area contributed by atoms with Gasteiger partial charge in [-0.3, -0.25) is 0 Å². The second-order valence-corrected chi connectivity index (χ2v) is 3.31. The van der Waals surface area contributed by atoms with Gasteiger partial charge in [-0.15, -0.1) is 0 Å². The normalized spacial score (nSPS) is 9.93. The molecule has 3 nitrogen and oxygen atoms in total. The molecule has 0 heterocycles. The zero-order chi connectivity index (χ0) is 11.3. The summed E-state index contributed by atoms with van der Waals surface area (Å²) in [6.07, 6.45) is 2.59. The van der Waals surface area contributed by atoms with Gasteiger partial charge in [0, 0.05) is 6.42 Å². The van der Waals surface area contributed by atoms with Crippen molar-refractivity contribution in [1.29, 1.82) is 0 Å². The zero-order valence-corrected chi connectivity index (χ0v) is 8.69. The lowest BCUT2D eigenvalue weighted by molar-refractivity contribution is -0.107. The van der Waals surface area contributed by atoms with Gasteiger partial charge < -0.3 is 9.90 Å². The number of hydrogen-bond acceptors (Lipinski definition) is 2. The Kier molecular flexibility index (Phi) is 4.03. The molecular weight excluding hydrogens is 192 g/mol. The predicted octanol–water partition coefficient (Wildman–Crippen LogP) is 2.08. The molecule has 15 heavy (non-hydrogen) atoms. The summed E-state index contributed by atoms with van der Waals surface area (Å²) in [5.41, 5.74) is 2.15. The molecule has 0 aliphatic carbocycles. The number of aromatic carboxylic acids is 1. The number of hydrogen-bond donors (Lipinski definition) is 1. The van der Waals surface area contributed by atoms with Crippen LogP contribution in [0.3, 0.4) is 0 Å². The van der Waals surface area contributed by atoms with E-state index in [1.165, 1.54) is 0 Å². The summed E-state index contributed by atoms with van der Waals surface area (Å²) in [4.78, 5) is 21.2. The molecule has 0 saturated carbocycles. The molecule has 0 aromatic heterocycles. The van der Waals surface area contributed by atoms with E-state index in [-0.39, 0.29) is 0 Å². The van der Waals surface area contributed by atoms with Crippen molar-refractivity contribution in [3.63, 3.8) is 0 Å². The monoisotopic (exact) mass is 206 g/mol. The van der Waals surface area contributed by atoms with E-state index in [1.54, 1.807) is 12.1 Å². The van der Waals surface area contributed by atoms with Gasteiger partial charge in [0.25, 0.3) is 0 Å². The van der Waals surface area contributed by atoms with Crippen molar-refractivity contribution in [1.82, 2.24) is 0 Å². The maximum atomic E-state index is 10.9. The van der Waals surface area contributed by atoms with Crippen molar-refractivity contribution in [3.05, 3.63) is 34.9 Å². The minimum Gasteiger partial charge on any atom is -0.478 e. The number of carboxylic acid groups (broad SMARTS) is 1. The van der Waals surface area contributed by atoms with Crippen LogP contribution in [0.15, 0.2) is 18.2 Å². The highest BCUT2D eigenvalue weighted by molar-refractivity contribution is 5.89. The molecule has 0 unspecified atom stereocenters. The van der Waals surface area contributed by atoms with Gasteiger partial charge in [-0.2, -0.15) is 0 Å². The Bertz CT molecular complexity index is 369. The summed E-state index contributed by atoms with van der Waals surface area (Å²) in [6, 6.07) is 5.21. The largest absolute Gasteiger partial charge is 0.478 e. The Labute approximate surface area is 88.7 Å². The van der Waals surface area contributed by atoms with E-state index in [9.17, 15) is 9.59 Å². The average molecular weight is 206 g/mol. The number of benzene rings is 1. The first-order valence-corrected chi connectivity index (χ1v) is 4.98. The third-order valence-corrected chi connectivity index (χ3v) is 2.39. The SMILES string of the molecule is CCc1c(CCC=O)cccc1C(=O)O. The van der Waals surface area contributed by atoms with Gasteiger partial charge in [-0.25, -0.2) is 4.79 Å². The Morgan fingerprint density at radius 1 is 1.47 bits per heavy atom. The highest BCUT2D eigenvalue weighted by Crippen LogP contribution is 2.17. The fraction of sp³-hybridized carbons (Fsp3) is 0.333. The third kappa shape index (κ3) is 2.65. The van der Waals surface area contributed by atoms with Crippen molar-refractivity contribution in [2.45, 2.75) is 26.2 Å². The van der Waals surface area contributed by atoms with Gasteiger partial charge in [0.05, 0.1) is 5.56 Å². The standard InChI is InChI=1S/C12H14O3/c1-2-10-9(6-4-8-13)5-3-7-11(10)12(14)15/h3,5,7-8H,2,4,6H2,1H3,(H,14,15). The number of carbonyl (C=O) groups excluding carboxylic acids is 1. The molecule has 1 aromatic rings. The first kappa shape index (κ1) is 11.4. The summed E-state index contributed by atoms with van der Waals surface area (Å²) in [5, 5.41) is 8.98. The fourth-order valence-corrected chi connectivity index (χ4v) is 1.70. The van der Waals surface area contributed by atoms with Gasteiger partial charge in [0.1, 0.15) is 6.29 Å². The van der Waals surface area contributed by atoms with Crippen LogP contribution in [0.1, 0.15) is 34.8 Å². The number of aldehydes is 1. The fourth-order valence-electron chi connectivity index (χ4n) is 1.70. The molecule has 0 fully saturated rings. The molecule has 1 N–H and O–H groups in total. The van der Waals surface area contributed by atoms with E-state index in [4.69, 9.17) is 5.11 Å². The minimum absolute atomic E-state index is 0.348. The van der Waals surface area contributed by atoms with E-state index in [0.29, 0.717) is 24.8 Å². The Hall–Kier alpha value is -1.64. The van der Waals surface area contributed by atoms with Gasteiger partial charge in [-0.1, -0.05) is 19.1 Å². The summed E-state index contributed by atoms with van der Waals surface area (Å²) >= 11 is 0. The summed E-state index contributed by atoms with van der Waals surface area (Å²) in [7, 11) is 0. The maximum Gasteiger partial charge on any atom is 0.335 e. The van der Waals surface area contributed by atoms with Crippen molar-refractivity contribution in [2.75, 3.05) is 0 Å². The van der Waals surface area contributed by atoms with Gasteiger partial charge in [-0.05, 0) is 30.0 Å². The summed E-state index contributed by atoms with van der Waals surface area (Å²) < 4.78 is 0. The van der Waals surface area contributed by atoms with Crippen LogP contribution in [0.4, 0.5) is 0 Å². The van der Waals surface area contributed by atoms with E-state index >= 15 is 0 Å². The van der Waals surface area contributed by atoms with Gasteiger partial charge in [0.2, 0.25) is 0 Å². The quantitative estimate of drug-likeness (QED) is 0.750. The van der Waals surface area contributed by atoms with E-state index in [0.717, 1.165) is 17.4 Å². The van der Waals surface area contributed by atoms with Gasteiger partial charge in [0.15, 0.2) is 0 Å². The smallest absolute Gasteiger partial charge is 0.335 e. The first-order chi connectivity index (χ1) is 7.20. The molecule has 0 atom stereocenters. The molecule has 0 aliphatic rings. The molecule has 0 bridgehead atoms. The number of rotatable bonds is 5. The van der Waals surface area contributed by atoms with Crippen LogP contribution in [0.25, 0.3) is 0 Å². The Morgan fingerprint density at radius 3 is 2.73 bits per heavy atom. The number of aryl methyl sites for hydroxylation is 1. The highest BCUT2D eigenvalue weighted by atomic mass is 16.4. The number of carbonyl (C=O) groups is 2. The molecule has 80 valence electrons. The number of carboxylic acids is 1. The highest BCUT2D eigenvalue weighted by Gasteiger charge is 2.11.